The number of hydrogen-bond acceptors (Lipinski definition) is 18. The van der Waals surface area contributed by atoms with Crippen LogP contribution < -0.4 is 32.3 Å². The number of methoxy groups -OCH3 is 2. The van der Waals surface area contributed by atoms with Gasteiger partial charge in [0.1, 0.15) is 43.1 Å². The third kappa shape index (κ3) is 24.3. The summed E-state index contributed by atoms with van der Waals surface area (Å²) in [5.41, 5.74) is 12.4. The molecule has 3 N–H and O–H groups in total. The summed E-state index contributed by atoms with van der Waals surface area (Å²) in [4.78, 5) is 58.9. The second kappa shape index (κ2) is 45.5. The quantitative estimate of drug-likeness (QED) is 0.0199. The van der Waals surface area contributed by atoms with Crippen molar-refractivity contribution in [3.05, 3.63) is 201 Å². The van der Waals surface area contributed by atoms with Gasteiger partial charge >= 0.3 is 55.8 Å². The van der Waals surface area contributed by atoms with Crippen LogP contribution >= 0.6 is 27.3 Å². The number of benzene rings is 4. The SMILES string of the molecule is C.C1CCC([PH+](C2CCCCC2)C2CCCCC2)CC1.COCO[C@H]1CCC[C@@H](C)C12O[C@@H](n1cc(C)c(=O)[nH]c1=O)[C@@H](O)[C@H]2OCc1ccccc1.COCO[C@H]1CCC[C@@H](C)C12O[C@@H](n1cc(C)c(=O)[nH]c1=O)[C@H](OS(C)(=O)=O)[C@H]2OCc1ccccc1.C[CH]=[Ru]([Cl])[Cl].Cc1cc(C)c(N2[CH-]N(c3c(C)cc(C)cc3C)CC2)c(C)c1. The van der Waals surface area contributed by atoms with Crippen LogP contribution in [-0.2, 0) is 78.9 Å². The molecule has 658 valence electrons. The average molecular weight is 1800 g/mol. The smallest absolute Gasteiger partial charge is 0.0146 e. The van der Waals surface area contributed by atoms with Gasteiger partial charge in [0.2, 0.25) is 0 Å². The first-order valence-corrected chi connectivity index (χ1v) is 51.3. The molecular weight excluding hydrogens is 1670 g/mol. The van der Waals surface area contributed by atoms with Crippen molar-refractivity contribution >= 4 is 53.4 Å². The molecule has 5 aliphatic carbocycles. The summed E-state index contributed by atoms with van der Waals surface area (Å²) in [7, 11) is 9.64. The first-order chi connectivity index (χ1) is 56.0. The monoisotopic (exact) mass is 1800 g/mol. The van der Waals surface area contributed by atoms with E-state index in [1.807, 2.05) is 79.1 Å². The van der Waals surface area contributed by atoms with Crippen LogP contribution in [-0.4, -0.2) is 149 Å². The molecule has 27 heteroatoms. The number of H-pyrrole nitrogens is 2. The van der Waals surface area contributed by atoms with Crippen LogP contribution in [0.1, 0.15) is 231 Å². The number of nitrogens with zero attached hydrogens (tertiary/aromatic N) is 4. The molecule has 2 spiro atoms. The zero-order valence-corrected chi connectivity index (χ0v) is 76.4. The van der Waals surface area contributed by atoms with E-state index in [-0.39, 0.29) is 59.5 Å². The molecule has 5 heterocycles. The minimum atomic E-state index is -4.02. The minimum absolute atomic E-state index is 0. The Morgan fingerprint density at radius 2 is 0.907 bits per heavy atom. The van der Waals surface area contributed by atoms with Gasteiger partial charge in [0.15, 0.2) is 18.6 Å². The summed E-state index contributed by atoms with van der Waals surface area (Å²) in [6.45, 7) is 27.1. The van der Waals surface area contributed by atoms with Crippen molar-refractivity contribution in [2.24, 2.45) is 11.8 Å². The van der Waals surface area contributed by atoms with E-state index in [4.69, 9.17) is 61.5 Å². The van der Waals surface area contributed by atoms with Gasteiger partial charge in [-0.3, -0.25) is 32.9 Å². The average Bonchev–Trinajstić information content (AvgIpc) is 1.57. The Morgan fingerprint density at radius 3 is 1.28 bits per heavy atom. The molecule has 12 atom stereocenters. The molecule has 6 aromatic rings. The minimum Gasteiger partial charge on any atom is -0.502 e. The van der Waals surface area contributed by atoms with Gasteiger partial charge in [0.25, 0.3) is 21.2 Å². The Morgan fingerprint density at radius 1 is 0.542 bits per heavy atom. The van der Waals surface area contributed by atoms with E-state index < -0.39 is 106 Å². The predicted molar refractivity (Wildman–Crippen MR) is 473 cm³/mol. The fourth-order valence-corrected chi connectivity index (χ4v) is 25.8. The molecule has 118 heavy (non-hydrogen) atoms. The standard InChI is InChI=1S/C25H34N2O9S.C24H32N2O7.C21H27N2.C18H33P.C2H4.CH4.2ClH.Ru/c1-16-13-27(24(29)26-22(16)28)23-20(36-37(4,30)31)21(33-14-18-10-6-5-7-11-18)25(35-23)17(2)9-8-12-19(25)34-15-32-3;1-15-12-26(23(29)25-21(15)28)22-19(27)20(31-13-17-9-5-4-6-10-17)24(33-22)16(2)8-7-11-18(24)32-14-30-3;1-14-9-16(3)20(17(4)10-14)22-7-8-23(13-22)21-18(5)11-15(2)12-19(21)6;1-4-10-16(11-5-1)19(17-12-6-2-7-13-17)18-14-8-3-9-15-18;1-2;;;;/h5-7,10-11,13,17,19-21,23H,8-9,12,14-15H2,1-4H3,(H,26,28,29);4-6,9-10,12,16,18-20,22,27H,7-8,11,13-14H2,1-3H3,(H,25,28,29);9-13H,7-8H2,1-6H3;16-18H,1-15H2;1H,2H3;1H4;2*1H;/q;;-1;;;;;;+2/p-1/t17-,19+,20-,21-,23-,25?;16-,18+,19+,20-,22-,24?;;;;;;;/m11......./s1. The molecule has 2 aromatic heterocycles. The van der Waals surface area contributed by atoms with Gasteiger partial charge < -0.3 is 52.8 Å². The van der Waals surface area contributed by atoms with Gasteiger partial charge in [-0.15, -0.1) is 0 Å². The summed E-state index contributed by atoms with van der Waals surface area (Å²) in [5.74, 6) is -0.174. The Kier molecular flexibility index (Phi) is 37.3. The van der Waals surface area contributed by atoms with Crippen molar-refractivity contribution in [3.63, 3.8) is 0 Å². The van der Waals surface area contributed by atoms with Crippen LogP contribution in [0, 0.1) is 73.9 Å². The Bertz CT molecular complexity index is 4400. The van der Waals surface area contributed by atoms with Gasteiger partial charge in [0, 0.05) is 70.1 Å². The van der Waals surface area contributed by atoms with E-state index in [0.29, 0.717) is 18.4 Å². The number of aryl methyl sites for hydroxylation is 8. The van der Waals surface area contributed by atoms with E-state index in [0.717, 1.165) is 60.7 Å². The normalized spacial score (nSPS) is 26.3. The molecule has 3 aliphatic heterocycles. The van der Waals surface area contributed by atoms with Crippen LogP contribution in [0.25, 0.3) is 0 Å². The maximum absolute atomic E-state index is 12.9. The second-order valence-corrected chi connectivity index (χ2v) is 44.8. The fraction of sp³-hybridized carbons (Fsp3) is 0.626. The first-order valence-electron chi connectivity index (χ1n) is 42.3. The molecule has 4 aromatic carbocycles. The summed E-state index contributed by atoms with van der Waals surface area (Å²) in [6, 6.07) is 28.2. The van der Waals surface area contributed by atoms with Crippen molar-refractivity contribution in [1.29, 1.82) is 0 Å². The van der Waals surface area contributed by atoms with E-state index in [9.17, 15) is 32.7 Å². The van der Waals surface area contributed by atoms with Crippen molar-refractivity contribution in [2.45, 2.75) is 309 Å². The topological polar surface area (TPSA) is 254 Å². The number of nitrogens with one attached hydrogen (secondary N) is 2. The van der Waals surface area contributed by atoms with E-state index in [1.165, 1.54) is 85.8 Å². The zero-order chi connectivity index (χ0) is 84.3. The number of anilines is 2. The van der Waals surface area contributed by atoms with E-state index >= 15 is 0 Å². The van der Waals surface area contributed by atoms with Crippen LogP contribution in [0.2, 0.25) is 0 Å². The molecule has 5 saturated carbocycles. The van der Waals surface area contributed by atoms with Crippen LogP contribution in [0.5, 0.6) is 0 Å². The molecule has 0 bridgehead atoms. The van der Waals surface area contributed by atoms with Gasteiger partial charge in [-0.1, -0.05) is 149 Å². The number of rotatable bonds is 21. The number of aliphatic hydroxyl groups is 1. The number of aliphatic hydroxyl groups excluding tert-OH is 1. The van der Waals surface area contributed by atoms with E-state index in [1.54, 1.807) is 117 Å². The number of hydrogen-bond donors (Lipinski definition) is 3. The van der Waals surface area contributed by atoms with Crippen molar-refractivity contribution < 1.29 is 69.1 Å². The van der Waals surface area contributed by atoms with Crippen molar-refractivity contribution in [2.75, 3.05) is 57.0 Å². The molecular formula is C91H135Cl2N6O16PRuS. The predicted octanol–water partition coefficient (Wildman–Crippen LogP) is 17.3. The van der Waals surface area contributed by atoms with Crippen LogP contribution in [0.15, 0.2) is 117 Å². The van der Waals surface area contributed by atoms with Gasteiger partial charge in [-0.25, -0.2) is 9.59 Å². The molecule has 3 saturated heterocycles. The van der Waals surface area contributed by atoms with Crippen molar-refractivity contribution in [1.82, 2.24) is 19.1 Å². The van der Waals surface area contributed by atoms with Crippen molar-refractivity contribution in [3.8, 4) is 0 Å². The Hall–Kier alpha value is -5.11. The first kappa shape index (κ1) is 96.7. The Labute approximate surface area is 715 Å². The summed E-state index contributed by atoms with van der Waals surface area (Å²) < 4.78 is 83.3. The summed E-state index contributed by atoms with van der Waals surface area (Å²) in [5, 5.41) is 11.5. The zero-order valence-electron chi connectivity index (χ0n) is 71.4. The molecule has 2 unspecified atom stereocenters. The molecule has 22 nitrogen and oxygen atoms in total. The van der Waals surface area contributed by atoms with E-state index in [2.05, 4.69) is 99.2 Å². The number of aromatic nitrogens is 4. The molecule has 0 radical (unpaired) electrons. The second-order valence-electron chi connectivity index (χ2n) is 33.6. The third-order valence-electron chi connectivity index (χ3n) is 25.0. The maximum Gasteiger partial charge on any atom is 0.0146 e. The maximum atomic E-state index is 12.9. The molecule has 0 amide bonds. The largest absolute Gasteiger partial charge is 0.502 e. The Balaban J connectivity index is 0.000000180. The summed E-state index contributed by atoms with van der Waals surface area (Å²) >= 11 is -1.36. The molecule has 14 rings (SSSR count). The number of halogens is 2. The molecule has 8 fully saturated rings. The number of ether oxygens (including phenoxy) is 8. The summed E-state index contributed by atoms with van der Waals surface area (Å²) in [6.07, 6.45) is 24.9. The van der Waals surface area contributed by atoms with Crippen LogP contribution in [0.4, 0.5) is 11.4 Å². The fourth-order valence-electron chi connectivity index (χ4n) is 20.0. The number of aromatic amines is 2. The van der Waals surface area contributed by atoms with Gasteiger partial charge in [0.05, 0.1) is 48.7 Å². The van der Waals surface area contributed by atoms with Gasteiger partial charge in [-0.2, -0.15) is 15.1 Å². The molecule has 8 aliphatic rings. The van der Waals surface area contributed by atoms with Gasteiger partial charge in [-0.05, 0) is 203 Å². The third-order valence-corrected chi connectivity index (χ3v) is 32.7. The van der Waals surface area contributed by atoms with Crippen LogP contribution in [0.3, 0.4) is 0 Å².